The Morgan fingerprint density at radius 2 is 1.14 bits per heavy atom. The number of Topliss-reactive ketones (excluding diaryl/α,β-unsaturated/α-hetero) is 1. The molecule has 0 spiro atoms. The molecule has 0 fully saturated rings. The van der Waals surface area contributed by atoms with E-state index in [1.54, 1.807) is 0 Å². The van der Waals surface area contributed by atoms with Gasteiger partial charge < -0.3 is 17.1 Å². The topological polar surface area (TPSA) is 26.3 Å². The van der Waals surface area contributed by atoms with Gasteiger partial charge in [0.2, 0.25) is 0 Å². The van der Waals surface area contributed by atoms with Crippen LogP contribution in [-0.2, 0) is 9.53 Å². The quantitative estimate of drug-likeness (QED) is 0.387. The number of benzene rings is 3. The van der Waals surface area contributed by atoms with Crippen molar-refractivity contribution in [3.63, 3.8) is 0 Å². The summed E-state index contributed by atoms with van der Waals surface area (Å²) in [7, 11) is -2.06. The van der Waals surface area contributed by atoms with Crippen LogP contribution in [0.5, 0.6) is 0 Å². The third-order valence-corrected chi connectivity index (χ3v) is 9.10. The number of rotatable bonds is 9. The fourth-order valence-electron chi connectivity index (χ4n) is 3.44. The summed E-state index contributed by atoms with van der Waals surface area (Å²) in [4.78, 5) is 13.0. The van der Waals surface area contributed by atoms with Gasteiger partial charge in [-0.3, -0.25) is 4.79 Å². The van der Waals surface area contributed by atoms with Crippen molar-refractivity contribution in [1.82, 2.24) is 0 Å². The highest BCUT2D eigenvalue weighted by Gasteiger charge is 2.46. The molecule has 0 heterocycles. The van der Waals surface area contributed by atoms with E-state index in [2.05, 4.69) is 72.8 Å². The normalized spacial score (nSPS) is 10.9. The summed E-state index contributed by atoms with van der Waals surface area (Å²) >= 11 is 0. The number of hydrogen-bond donors (Lipinski definition) is 0. The fourth-order valence-corrected chi connectivity index (χ4v) is 7.62. The first kappa shape index (κ1) is 22.3. The zero-order chi connectivity index (χ0) is 19.0. The highest BCUT2D eigenvalue weighted by atomic mass is 35.5. The second kappa shape index (κ2) is 11.1. The molecule has 2 nitrogen and oxygen atoms in total. The fraction of sp³-hybridized carbons (Fsp3) is 0.208. The molecule has 3 rings (SSSR count). The molecule has 0 N–H and O–H groups in total. The van der Waals surface area contributed by atoms with Crippen LogP contribution in [0.4, 0.5) is 0 Å². The van der Waals surface area contributed by atoms with Crippen LogP contribution in [-0.4, -0.2) is 25.2 Å². The van der Waals surface area contributed by atoms with Crippen molar-refractivity contribution < 1.29 is 21.9 Å². The summed E-state index contributed by atoms with van der Waals surface area (Å²) < 4.78 is 5.43. The van der Waals surface area contributed by atoms with Crippen molar-refractivity contribution in [3.8, 4) is 0 Å². The summed E-state index contributed by atoms with van der Waals surface area (Å²) in [5, 5.41) is 3.73. The minimum absolute atomic E-state index is 0. The molecule has 0 saturated carbocycles. The van der Waals surface area contributed by atoms with E-state index < -0.39 is 7.26 Å². The molecule has 0 amide bonds. The molecule has 0 aliphatic carbocycles. The summed E-state index contributed by atoms with van der Waals surface area (Å²) in [5.74, 6) is 0.258. The third-order valence-electron chi connectivity index (χ3n) is 4.73. The Labute approximate surface area is 174 Å². The highest BCUT2D eigenvalue weighted by molar-refractivity contribution is 7.96. The molecule has 28 heavy (non-hydrogen) atoms. The van der Waals surface area contributed by atoms with Gasteiger partial charge in [0.15, 0.2) is 5.78 Å². The van der Waals surface area contributed by atoms with Crippen LogP contribution in [0, 0.1) is 0 Å². The predicted molar refractivity (Wildman–Crippen MR) is 116 cm³/mol. The van der Waals surface area contributed by atoms with Gasteiger partial charge in [0.05, 0.1) is 6.61 Å². The molecule has 3 aromatic rings. The van der Waals surface area contributed by atoms with Crippen LogP contribution < -0.4 is 28.3 Å². The Bertz CT molecular complexity index is 742. The molecule has 0 atom stereocenters. The van der Waals surface area contributed by atoms with Crippen LogP contribution in [0.15, 0.2) is 91.0 Å². The van der Waals surface area contributed by atoms with Gasteiger partial charge in [0.25, 0.3) is 0 Å². The Kier molecular flexibility index (Phi) is 8.86. The monoisotopic (exact) mass is 412 g/mol. The van der Waals surface area contributed by atoms with Gasteiger partial charge in [0.1, 0.15) is 29.3 Å². The third kappa shape index (κ3) is 5.08. The first-order valence-corrected chi connectivity index (χ1v) is 11.4. The molecule has 0 aliphatic heterocycles. The molecular weight excluding hydrogens is 387 g/mol. The first-order valence-electron chi connectivity index (χ1n) is 9.41. The largest absolute Gasteiger partial charge is 1.00 e. The molecule has 4 heteroatoms. The van der Waals surface area contributed by atoms with Gasteiger partial charge in [-0.2, -0.15) is 0 Å². The first-order chi connectivity index (χ1) is 13.3. The van der Waals surface area contributed by atoms with Crippen molar-refractivity contribution in [3.05, 3.63) is 91.0 Å². The summed E-state index contributed by atoms with van der Waals surface area (Å²) in [5.41, 5.74) is 0. The lowest BCUT2D eigenvalue weighted by Gasteiger charge is -2.27. The SMILES string of the molecule is CCOCCC(=O)C[P+](c1ccccc1)(c1ccccc1)c1ccccc1.[Cl-]. The van der Waals surface area contributed by atoms with E-state index in [9.17, 15) is 4.79 Å². The van der Waals surface area contributed by atoms with Gasteiger partial charge >= 0.3 is 0 Å². The van der Waals surface area contributed by atoms with Crippen LogP contribution >= 0.6 is 7.26 Å². The lowest BCUT2D eigenvalue weighted by molar-refractivity contribution is -0.117. The summed E-state index contributed by atoms with van der Waals surface area (Å²) in [6, 6.07) is 31.5. The molecule has 0 aliphatic rings. The zero-order valence-electron chi connectivity index (χ0n) is 16.1. The van der Waals surface area contributed by atoms with Gasteiger partial charge in [-0.05, 0) is 43.3 Å². The van der Waals surface area contributed by atoms with Crippen LogP contribution in [0.25, 0.3) is 0 Å². The van der Waals surface area contributed by atoms with Crippen molar-refractivity contribution in [2.24, 2.45) is 0 Å². The molecule has 0 radical (unpaired) electrons. The molecule has 0 bridgehead atoms. The van der Waals surface area contributed by atoms with Gasteiger partial charge in [-0.25, -0.2) is 0 Å². The Morgan fingerprint density at radius 1 is 0.750 bits per heavy atom. The van der Waals surface area contributed by atoms with Crippen LogP contribution in [0.3, 0.4) is 0 Å². The second-order valence-electron chi connectivity index (χ2n) is 6.46. The molecule has 3 aromatic carbocycles. The van der Waals surface area contributed by atoms with Crippen LogP contribution in [0.2, 0.25) is 0 Å². The minimum Gasteiger partial charge on any atom is -1.00 e. The predicted octanol–water partition coefficient (Wildman–Crippen LogP) is 0.980. The summed E-state index contributed by atoms with van der Waals surface area (Å²) in [6.07, 6.45) is 0.986. The standard InChI is InChI=1S/C24H26O2P.ClH/c1-2-26-19-18-21(25)20-27(22-12-6-3-7-13-22,23-14-8-4-9-15-23)24-16-10-5-11-17-24;/h3-17H,2,18-20H2,1H3;1H/q+1;/p-1. The number of hydrogen-bond acceptors (Lipinski definition) is 2. The maximum Gasteiger partial charge on any atom is 0.173 e. The Hall–Kier alpha value is -1.99. The maximum absolute atomic E-state index is 13.0. The van der Waals surface area contributed by atoms with E-state index in [4.69, 9.17) is 4.74 Å². The lowest BCUT2D eigenvalue weighted by atomic mass is 10.3. The Morgan fingerprint density at radius 3 is 1.50 bits per heavy atom. The number of ketones is 1. The van der Waals surface area contributed by atoms with E-state index in [1.165, 1.54) is 15.9 Å². The number of carbonyl (C=O) groups excluding carboxylic acids is 1. The summed E-state index contributed by atoms with van der Waals surface area (Å²) in [6.45, 7) is 3.09. The second-order valence-corrected chi connectivity index (χ2v) is 9.95. The smallest absolute Gasteiger partial charge is 0.173 e. The molecule has 0 saturated heterocycles. The van der Waals surface area contributed by atoms with Crippen molar-refractivity contribution in [2.75, 3.05) is 19.4 Å². The van der Waals surface area contributed by atoms with E-state index in [0.717, 1.165) is 0 Å². The number of halogens is 1. The highest BCUT2D eigenvalue weighted by Crippen LogP contribution is 2.55. The molecule has 146 valence electrons. The number of carbonyl (C=O) groups is 1. The molecule has 0 aromatic heterocycles. The van der Waals surface area contributed by atoms with Gasteiger partial charge in [0, 0.05) is 13.0 Å². The number of ether oxygens (including phenoxy) is 1. The zero-order valence-corrected chi connectivity index (χ0v) is 17.8. The van der Waals surface area contributed by atoms with E-state index in [0.29, 0.717) is 25.8 Å². The maximum atomic E-state index is 13.0. The molecule has 0 unspecified atom stereocenters. The Balaban J connectivity index is 0.00000280. The van der Waals surface area contributed by atoms with E-state index >= 15 is 0 Å². The van der Waals surface area contributed by atoms with Crippen molar-refractivity contribution in [1.29, 1.82) is 0 Å². The van der Waals surface area contributed by atoms with Crippen LogP contribution in [0.1, 0.15) is 13.3 Å². The van der Waals surface area contributed by atoms with E-state index in [1.807, 2.05) is 25.1 Å². The van der Waals surface area contributed by atoms with E-state index in [-0.39, 0.29) is 18.2 Å². The lowest BCUT2D eigenvalue weighted by Crippen LogP contribution is -3.00. The average Bonchev–Trinajstić information content (AvgIpc) is 2.74. The molecular formula is C24H26ClO2P. The minimum atomic E-state index is -2.06. The van der Waals surface area contributed by atoms with Gasteiger partial charge in [-0.1, -0.05) is 54.6 Å². The average molecular weight is 413 g/mol. The van der Waals surface area contributed by atoms with Crippen molar-refractivity contribution >= 4 is 29.0 Å². The van der Waals surface area contributed by atoms with Gasteiger partial charge in [-0.15, -0.1) is 0 Å². The van der Waals surface area contributed by atoms with Crippen molar-refractivity contribution in [2.45, 2.75) is 13.3 Å².